The average Bonchev–Trinajstić information content (AvgIpc) is 2.92. The minimum atomic E-state index is -4.24. The van der Waals surface area contributed by atoms with Crippen molar-refractivity contribution in [3.05, 3.63) is 87.4 Å². The highest BCUT2D eigenvalue weighted by molar-refractivity contribution is 7.92. The molecule has 0 bridgehead atoms. The summed E-state index contributed by atoms with van der Waals surface area (Å²) < 4.78 is 34.1. The molecule has 0 heterocycles. The van der Waals surface area contributed by atoms with Crippen LogP contribution < -0.4 is 14.4 Å². The molecule has 0 aliphatic carbocycles. The zero-order valence-electron chi connectivity index (χ0n) is 24.0. The van der Waals surface area contributed by atoms with Crippen LogP contribution in [0, 0.1) is 0 Å². The van der Waals surface area contributed by atoms with Gasteiger partial charge in [-0.05, 0) is 75.2 Å². The maximum atomic E-state index is 14.2. The van der Waals surface area contributed by atoms with Crippen molar-refractivity contribution in [1.29, 1.82) is 0 Å². The van der Waals surface area contributed by atoms with Gasteiger partial charge in [0, 0.05) is 22.1 Å². The number of benzene rings is 3. The quantitative estimate of drug-likeness (QED) is 0.252. The van der Waals surface area contributed by atoms with Gasteiger partial charge in [0.1, 0.15) is 18.3 Å². The number of nitrogens with zero attached hydrogens (tertiary/aromatic N) is 2. The van der Waals surface area contributed by atoms with Crippen LogP contribution in [0.4, 0.5) is 5.69 Å². The van der Waals surface area contributed by atoms with E-state index in [1.54, 1.807) is 43.3 Å². The molecule has 3 aromatic carbocycles. The number of hydrogen-bond acceptors (Lipinski definition) is 5. The van der Waals surface area contributed by atoms with Crippen molar-refractivity contribution in [1.82, 2.24) is 10.2 Å². The van der Waals surface area contributed by atoms with Crippen molar-refractivity contribution in [2.24, 2.45) is 0 Å². The van der Waals surface area contributed by atoms with Gasteiger partial charge in [-0.15, -0.1) is 0 Å². The summed E-state index contributed by atoms with van der Waals surface area (Å²) >= 11 is 18.9. The topological polar surface area (TPSA) is 96.0 Å². The maximum Gasteiger partial charge on any atom is 0.264 e. The van der Waals surface area contributed by atoms with Gasteiger partial charge < -0.3 is 15.0 Å². The Hall–Kier alpha value is -2.98. The Morgan fingerprint density at radius 1 is 0.952 bits per heavy atom. The summed E-state index contributed by atoms with van der Waals surface area (Å²) in [5.74, 6) is -0.663. The van der Waals surface area contributed by atoms with Gasteiger partial charge >= 0.3 is 0 Å². The van der Waals surface area contributed by atoms with E-state index >= 15 is 0 Å². The largest absolute Gasteiger partial charge is 0.495 e. The number of methoxy groups -OCH3 is 1. The molecule has 226 valence electrons. The van der Waals surface area contributed by atoms with Crippen molar-refractivity contribution >= 4 is 62.3 Å². The second kappa shape index (κ2) is 14.0. The van der Waals surface area contributed by atoms with Gasteiger partial charge in [-0.2, -0.15) is 0 Å². The number of nitrogens with one attached hydrogen (secondary N) is 1. The SMILES string of the molecule is CCC(C(=O)NC(C)(C)C)N(Cc1ccc(Cl)cc1Cl)C(=O)CN(c1ccc(OC)c(Cl)c1)S(=O)(=O)c1ccccc1. The number of halogens is 3. The molecule has 8 nitrogen and oxygen atoms in total. The van der Waals surface area contributed by atoms with Crippen molar-refractivity contribution < 1.29 is 22.7 Å². The molecule has 1 N–H and O–H groups in total. The number of hydrogen-bond donors (Lipinski definition) is 1. The van der Waals surface area contributed by atoms with Gasteiger partial charge in [0.05, 0.1) is 22.7 Å². The smallest absolute Gasteiger partial charge is 0.264 e. The summed E-state index contributed by atoms with van der Waals surface area (Å²) in [4.78, 5) is 28.9. The average molecular weight is 655 g/mol. The van der Waals surface area contributed by atoms with E-state index in [0.717, 1.165) is 4.31 Å². The molecule has 3 rings (SSSR count). The van der Waals surface area contributed by atoms with Crippen LogP contribution in [0.1, 0.15) is 39.7 Å². The zero-order chi connectivity index (χ0) is 31.2. The fraction of sp³-hybridized carbons (Fsp3) is 0.333. The highest BCUT2D eigenvalue weighted by atomic mass is 35.5. The lowest BCUT2D eigenvalue weighted by Crippen LogP contribution is -2.55. The van der Waals surface area contributed by atoms with E-state index in [9.17, 15) is 18.0 Å². The standard InChI is InChI=1S/C30H34Cl3N3O5S/c1-6-26(29(38)34-30(2,3)4)35(18-20-12-13-21(31)16-24(20)32)28(37)19-36(22-14-15-27(41-5)25(33)17-22)42(39,40)23-10-8-7-9-11-23/h7-17,26H,6,18-19H2,1-5H3,(H,34,38). The number of amides is 2. The molecule has 0 spiro atoms. The molecule has 1 atom stereocenters. The van der Waals surface area contributed by atoms with E-state index in [-0.39, 0.29) is 34.5 Å². The minimum absolute atomic E-state index is 0.0189. The first-order chi connectivity index (χ1) is 19.7. The Balaban J connectivity index is 2.12. The van der Waals surface area contributed by atoms with Gasteiger partial charge in [-0.3, -0.25) is 13.9 Å². The summed E-state index contributed by atoms with van der Waals surface area (Å²) in [6.07, 6.45) is 0.263. The molecule has 0 aliphatic heterocycles. The van der Waals surface area contributed by atoms with E-state index in [2.05, 4.69) is 5.32 Å². The fourth-order valence-corrected chi connectivity index (χ4v) is 6.41. The van der Waals surface area contributed by atoms with Crippen molar-refractivity contribution in [2.45, 2.75) is 57.1 Å². The van der Waals surface area contributed by atoms with Crippen molar-refractivity contribution in [3.63, 3.8) is 0 Å². The Bertz CT molecular complexity index is 1530. The number of anilines is 1. The molecule has 0 fully saturated rings. The van der Waals surface area contributed by atoms with Crippen LogP contribution in [-0.4, -0.2) is 50.4 Å². The van der Waals surface area contributed by atoms with Gasteiger partial charge in [0.25, 0.3) is 10.0 Å². The number of ether oxygens (including phenoxy) is 1. The molecule has 0 saturated heterocycles. The van der Waals surface area contributed by atoms with E-state index in [0.29, 0.717) is 21.4 Å². The minimum Gasteiger partial charge on any atom is -0.495 e. The number of carbonyl (C=O) groups is 2. The first kappa shape index (κ1) is 33.5. The van der Waals surface area contributed by atoms with E-state index < -0.39 is 34.1 Å². The van der Waals surface area contributed by atoms with Gasteiger partial charge in [0.15, 0.2) is 0 Å². The highest BCUT2D eigenvalue weighted by Crippen LogP contribution is 2.32. The van der Waals surface area contributed by atoms with E-state index in [4.69, 9.17) is 39.5 Å². The number of sulfonamides is 1. The van der Waals surface area contributed by atoms with Gasteiger partial charge in [0.2, 0.25) is 11.8 Å². The lowest BCUT2D eigenvalue weighted by Gasteiger charge is -2.35. The number of rotatable bonds is 11. The molecule has 12 heteroatoms. The lowest BCUT2D eigenvalue weighted by atomic mass is 10.1. The van der Waals surface area contributed by atoms with Crippen LogP contribution in [0.25, 0.3) is 0 Å². The summed E-state index contributed by atoms with van der Waals surface area (Å²) in [5, 5.41) is 3.81. The van der Waals surface area contributed by atoms with Crippen molar-refractivity contribution in [3.8, 4) is 5.75 Å². The predicted octanol–water partition coefficient (Wildman–Crippen LogP) is 6.57. The molecular weight excluding hydrogens is 621 g/mol. The Morgan fingerprint density at radius 2 is 1.62 bits per heavy atom. The number of carbonyl (C=O) groups excluding carboxylic acids is 2. The van der Waals surface area contributed by atoms with Crippen LogP contribution in [0.3, 0.4) is 0 Å². The van der Waals surface area contributed by atoms with E-state index in [1.807, 2.05) is 20.8 Å². The molecule has 0 saturated carbocycles. The Labute approximate surface area is 262 Å². The van der Waals surface area contributed by atoms with Crippen LogP contribution in [0.2, 0.25) is 15.1 Å². The molecule has 0 aromatic heterocycles. The second-order valence-electron chi connectivity index (χ2n) is 10.6. The molecule has 42 heavy (non-hydrogen) atoms. The third kappa shape index (κ3) is 8.31. The first-order valence-corrected chi connectivity index (χ1v) is 15.7. The molecule has 0 radical (unpaired) electrons. The highest BCUT2D eigenvalue weighted by Gasteiger charge is 2.35. The maximum absolute atomic E-state index is 14.2. The lowest BCUT2D eigenvalue weighted by molar-refractivity contribution is -0.141. The third-order valence-electron chi connectivity index (χ3n) is 6.27. The van der Waals surface area contributed by atoms with Gasteiger partial charge in [-0.25, -0.2) is 8.42 Å². The third-order valence-corrected chi connectivity index (χ3v) is 8.94. The summed E-state index contributed by atoms with van der Waals surface area (Å²) in [7, 11) is -2.80. The summed E-state index contributed by atoms with van der Waals surface area (Å²) in [6.45, 7) is 6.60. The van der Waals surface area contributed by atoms with Crippen LogP contribution in [-0.2, 0) is 26.2 Å². The Kier molecular flexibility index (Phi) is 11.2. The van der Waals surface area contributed by atoms with Gasteiger partial charge in [-0.1, -0.05) is 66.0 Å². The van der Waals surface area contributed by atoms with Crippen LogP contribution in [0.5, 0.6) is 5.75 Å². The predicted molar refractivity (Wildman–Crippen MR) is 168 cm³/mol. The van der Waals surface area contributed by atoms with E-state index in [1.165, 1.54) is 42.3 Å². The molecule has 3 aromatic rings. The zero-order valence-corrected chi connectivity index (χ0v) is 27.1. The molecule has 2 amide bonds. The monoisotopic (exact) mass is 653 g/mol. The van der Waals surface area contributed by atoms with Crippen molar-refractivity contribution in [2.75, 3.05) is 18.0 Å². The van der Waals surface area contributed by atoms with Crippen LogP contribution in [0.15, 0.2) is 71.6 Å². The molecule has 0 aliphatic rings. The molecular formula is C30H34Cl3N3O5S. The first-order valence-electron chi connectivity index (χ1n) is 13.1. The van der Waals surface area contributed by atoms with Crippen LogP contribution >= 0.6 is 34.8 Å². The second-order valence-corrected chi connectivity index (χ2v) is 13.7. The fourth-order valence-electron chi connectivity index (χ4n) is 4.26. The Morgan fingerprint density at radius 3 is 2.17 bits per heavy atom. The summed E-state index contributed by atoms with van der Waals surface area (Å²) in [5.41, 5.74) is 0.121. The molecule has 1 unspecified atom stereocenters. The normalized spacial score (nSPS) is 12.4. The summed E-state index contributed by atoms with van der Waals surface area (Å²) in [6, 6.07) is 16.1.